The molecule has 2 fully saturated rings. The lowest BCUT2D eigenvalue weighted by molar-refractivity contribution is -0.120. The van der Waals surface area contributed by atoms with Crippen molar-refractivity contribution in [3.8, 4) is 0 Å². The smallest absolute Gasteiger partial charge is 0.250 e. The summed E-state index contributed by atoms with van der Waals surface area (Å²) >= 11 is 6.70. The molecule has 6 nitrogen and oxygen atoms in total. The number of fused-ring (bicyclic) bond motifs is 2. The van der Waals surface area contributed by atoms with Gasteiger partial charge in [0.15, 0.2) is 0 Å². The first-order valence-electron chi connectivity index (χ1n) is 7.23. The maximum atomic E-state index is 12.0. The van der Waals surface area contributed by atoms with Crippen molar-refractivity contribution in [3.63, 3.8) is 0 Å². The lowest BCUT2D eigenvalue weighted by Crippen LogP contribution is -2.50. The molecule has 1 aromatic heterocycles. The molecule has 0 aliphatic carbocycles. The molecule has 2 bridgehead atoms. The van der Waals surface area contributed by atoms with Crippen LogP contribution in [-0.2, 0) is 14.8 Å². The standard InChI is InChI=1S/C13H18ClN3O3S2.ClH/c14-11-3-4-13(21-11)22(19,20)15-7-12(18)17-10-5-8-1-2-9(6-10)16-8;/h3-4,8-10,15-16H,1-2,5-7H2,(H,17,18);1H. The van der Waals surface area contributed by atoms with E-state index in [-0.39, 0.29) is 35.1 Å². The van der Waals surface area contributed by atoms with E-state index in [2.05, 4.69) is 15.4 Å². The molecule has 2 unspecified atom stereocenters. The van der Waals surface area contributed by atoms with Gasteiger partial charge in [-0.1, -0.05) is 11.6 Å². The Morgan fingerprint density at radius 2 is 1.96 bits per heavy atom. The van der Waals surface area contributed by atoms with Crippen LogP contribution in [0.5, 0.6) is 0 Å². The van der Waals surface area contributed by atoms with E-state index in [0.717, 1.165) is 37.0 Å². The van der Waals surface area contributed by atoms with E-state index in [9.17, 15) is 13.2 Å². The average molecular weight is 400 g/mol. The largest absolute Gasteiger partial charge is 0.352 e. The van der Waals surface area contributed by atoms with Crippen LogP contribution in [0.25, 0.3) is 0 Å². The van der Waals surface area contributed by atoms with Gasteiger partial charge in [-0.3, -0.25) is 4.79 Å². The summed E-state index contributed by atoms with van der Waals surface area (Å²) in [5.41, 5.74) is 0. The highest BCUT2D eigenvalue weighted by Crippen LogP contribution is 2.27. The molecule has 0 aromatic carbocycles. The molecule has 2 atom stereocenters. The quantitative estimate of drug-likeness (QED) is 0.699. The molecule has 1 amide bonds. The van der Waals surface area contributed by atoms with E-state index in [1.807, 2.05) is 0 Å². The van der Waals surface area contributed by atoms with Crippen LogP contribution in [0.3, 0.4) is 0 Å². The third kappa shape index (κ3) is 4.80. The van der Waals surface area contributed by atoms with Crippen molar-refractivity contribution in [1.82, 2.24) is 15.4 Å². The average Bonchev–Trinajstić information content (AvgIpc) is 3.03. The molecule has 3 N–H and O–H groups in total. The summed E-state index contributed by atoms with van der Waals surface area (Å²) in [4.78, 5) is 11.9. The van der Waals surface area contributed by atoms with Crippen LogP contribution in [-0.4, -0.2) is 39.0 Å². The predicted molar refractivity (Wildman–Crippen MR) is 92.9 cm³/mol. The molecule has 23 heavy (non-hydrogen) atoms. The monoisotopic (exact) mass is 399 g/mol. The van der Waals surface area contributed by atoms with Crippen molar-refractivity contribution in [2.24, 2.45) is 0 Å². The van der Waals surface area contributed by atoms with E-state index >= 15 is 0 Å². The molecular formula is C13H19Cl2N3O3S2. The minimum Gasteiger partial charge on any atom is -0.352 e. The zero-order chi connectivity index (χ0) is 15.7. The number of hydrogen-bond donors (Lipinski definition) is 3. The number of rotatable bonds is 5. The molecule has 0 radical (unpaired) electrons. The highest BCUT2D eigenvalue weighted by Gasteiger charge is 2.34. The van der Waals surface area contributed by atoms with Gasteiger partial charge < -0.3 is 10.6 Å². The second-order valence-corrected chi connectivity index (χ2v) is 9.47. The van der Waals surface area contributed by atoms with Crippen molar-refractivity contribution >= 4 is 51.3 Å². The van der Waals surface area contributed by atoms with E-state index in [1.165, 1.54) is 12.1 Å². The summed E-state index contributed by atoms with van der Waals surface area (Å²) < 4.78 is 26.8. The number of sulfonamides is 1. The Bertz CT molecular complexity index is 653. The fourth-order valence-electron chi connectivity index (χ4n) is 3.13. The first-order valence-corrected chi connectivity index (χ1v) is 9.90. The lowest BCUT2D eigenvalue weighted by atomic mass is 10.00. The van der Waals surface area contributed by atoms with Gasteiger partial charge in [-0.2, -0.15) is 0 Å². The number of halogens is 2. The van der Waals surface area contributed by atoms with Gasteiger partial charge in [0, 0.05) is 18.1 Å². The summed E-state index contributed by atoms with van der Waals surface area (Å²) in [5.74, 6) is -0.294. The molecule has 2 aliphatic rings. The van der Waals surface area contributed by atoms with Crippen LogP contribution < -0.4 is 15.4 Å². The van der Waals surface area contributed by atoms with Gasteiger partial charge in [0.1, 0.15) is 4.21 Å². The van der Waals surface area contributed by atoms with Crippen molar-refractivity contribution in [1.29, 1.82) is 0 Å². The maximum absolute atomic E-state index is 12.0. The molecule has 3 heterocycles. The fraction of sp³-hybridized carbons (Fsp3) is 0.615. The van der Waals surface area contributed by atoms with Gasteiger partial charge in [-0.05, 0) is 37.8 Å². The molecular weight excluding hydrogens is 381 g/mol. The summed E-state index contributed by atoms with van der Waals surface area (Å²) in [6, 6.07) is 4.04. The number of carbonyl (C=O) groups excluding carboxylic acids is 1. The molecule has 2 saturated heterocycles. The number of carbonyl (C=O) groups is 1. The predicted octanol–water partition coefficient (Wildman–Crippen LogP) is 1.50. The zero-order valence-electron chi connectivity index (χ0n) is 12.2. The molecule has 3 rings (SSSR count). The molecule has 0 saturated carbocycles. The van der Waals surface area contributed by atoms with Crippen molar-refractivity contribution in [2.75, 3.05) is 6.54 Å². The Balaban J connectivity index is 0.00000192. The van der Waals surface area contributed by atoms with Crippen LogP contribution in [0.1, 0.15) is 25.7 Å². The van der Waals surface area contributed by atoms with Crippen molar-refractivity contribution in [2.45, 2.75) is 48.0 Å². The number of thiophene rings is 1. The van der Waals surface area contributed by atoms with Gasteiger partial charge in [0.25, 0.3) is 10.0 Å². The molecule has 130 valence electrons. The first-order chi connectivity index (χ1) is 10.4. The summed E-state index contributed by atoms with van der Waals surface area (Å²) in [6.45, 7) is -0.253. The van der Waals surface area contributed by atoms with E-state index in [4.69, 9.17) is 11.6 Å². The third-order valence-electron chi connectivity index (χ3n) is 4.07. The number of amides is 1. The lowest BCUT2D eigenvalue weighted by Gasteiger charge is -2.29. The highest BCUT2D eigenvalue weighted by atomic mass is 35.5. The Kier molecular flexibility index (Phi) is 6.32. The summed E-state index contributed by atoms with van der Waals surface area (Å²) in [6.07, 6.45) is 4.14. The van der Waals surface area contributed by atoms with Gasteiger partial charge in [-0.25, -0.2) is 13.1 Å². The number of piperidine rings is 1. The van der Waals surface area contributed by atoms with Gasteiger partial charge in [0.2, 0.25) is 5.91 Å². The molecule has 0 spiro atoms. The van der Waals surface area contributed by atoms with Crippen LogP contribution in [0, 0.1) is 0 Å². The minimum atomic E-state index is -3.67. The summed E-state index contributed by atoms with van der Waals surface area (Å²) in [7, 11) is -3.67. The van der Waals surface area contributed by atoms with E-state index in [1.54, 1.807) is 0 Å². The Hall–Kier alpha value is -0.380. The van der Waals surface area contributed by atoms with Gasteiger partial charge >= 0.3 is 0 Å². The third-order valence-corrected chi connectivity index (χ3v) is 7.20. The SMILES string of the molecule is Cl.O=C(CNS(=O)(=O)c1ccc(Cl)s1)NC1CC2CCC(C1)N2. The number of hydrogen-bond acceptors (Lipinski definition) is 5. The summed E-state index contributed by atoms with van der Waals surface area (Å²) in [5, 5.41) is 6.42. The fourth-order valence-corrected chi connectivity index (χ4v) is 5.64. The highest BCUT2D eigenvalue weighted by molar-refractivity contribution is 7.91. The Morgan fingerprint density at radius 1 is 1.30 bits per heavy atom. The van der Waals surface area contributed by atoms with Gasteiger partial charge in [0.05, 0.1) is 10.9 Å². The van der Waals surface area contributed by atoms with Gasteiger partial charge in [-0.15, -0.1) is 23.7 Å². The maximum Gasteiger partial charge on any atom is 0.250 e. The van der Waals surface area contributed by atoms with Crippen molar-refractivity contribution in [3.05, 3.63) is 16.5 Å². The second-order valence-electron chi connectivity index (χ2n) is 5.76. The van der Waals surface area contributed by atoms with Crippen LogP contribution in [0.4, 0.5) is 0 Å². The van der Waals surface area contributed by atoms with E-state index in [0.29, 0.717) is 16.4 Å². The minimum absolute atomic E-state index is 0. The molecule has 10 heteroatoms. The van der Waals surface area contributed by atoms with Crippen LogP contribution in [0.15, 0.2) is 16.3 Å². The molecule has 2 aliphatic heterocycles. The van der Waals surface area contributed by atoms with Crippen LogP contribution >= 0.6 is 35.3 Å². The first kappa shape index (κ1) is 19.0. The number of nitrogens with one attached hydrogen (secondary N) is 3. The normalized spacial score (nSPS) is 26.6. The molecule has 1 aromatic rings. The topological polar surface area (TPSA) is 87.3 Å². The van der Waals surface area contributed by atoms with E-state index < -0.39 is 10.0 Å². The van der Waals surface area contributed by atoms with Crippen molar-refractivity contribution < 1.29 is 13.2 Å². The van der Waals surface area contributed by atoms with Crippen LogP contribution in [0.2, 0.25) is 4.34 Å². The second kappa shape index (κ2) is 7.67. The zero-order valence-corrected chi connectivity index (χ0v) is 15.5. The Morgan fingerprint density at radius 3 is 2.52 bits per heavy atom. The Labute approximate surface area is 150 Å².